The van der Waals surface area contributed by atoms with Gasteiger partial charge < -0.3 is 6.15 Å². The van der Waals surface area contributed by atoms with Crippen LogP contribution in [0.2, 0.25) is 0 Å². The molecule has 0 amide bonds. The number of hydrogen-bond acceptors (Lipinski definition) is 0. The molecule has 0 aromatic rings. The van der Waals surface area contributed by atoms with Crippen LogP contribution in [0.25, 0.3) is 6.15 Å². The van der Waals surface area contributed by atoms with E-state index in [0.29, 0.717) is 10.8 Å². The summed E-state index contributed by atoms with van der Waals surface area (Å²) in [5, 5.41) is 0. The molecule has 0 spiro atoms. The summed E-state index contributed by atoms with van der Waals surface area (Å²) in [7, 11) is 0. The van der Waals surface area contributed by atoms with E-state index in [4.69, 9.17) is 0 Å². The van der Waals surface area contributed by atoms with Crippen molar-refractivity contribution < 1.29 is 51.4 Å². The van der Waals surface area contributed by atoms with Crippen LogP contribution in [-0.4, -0.2) is 0 Å². The predicted octanol–water partition coefficient (Wildman–Crippen LogP) is 8.07. The first kappa shape index (κ1) is 36.9. The van der Waals surface area contributed by atoms with Crippen LogP contribution in [-0.2, 0) is 0 Å². The normalized spacial score (nSPS) is 11.1. The summed E-state index contributed by atoms with van der Waals surface area (Å²) in [5.74, 6) is 0. The number of nitrogens with two attached hydrogens (primary N) is 1. The Labute approximate surface area is 224 Å². The van der Waals surface area contributed by atoms with Crippen LogP contribution in [0.5, 0.6) is 0 Å². The monoisotopic (exact) mass is 423 g/mol. The molecule has 0 aliphatic rings. The molecule has 168 valence electrons. The maximum Gasteiger partial charge on any atom is 1.00 e. The van der Waals surface area contributed by atoms with E-state index >= 15 is 0 Å². The number of unbranched alkanes of at least 4 members (excludes halogenated alkanes) is 12. The van der Waals surface area contributed by atoms with Gasteiger partial charge in [-0.3, -0.25) is 0 Å². The van der Waals surface area contributed by atoms with Crippen molar-refractivity contribution in [1.82, 2.24) is 0 Å². The van der Waals surface area contributed by atoms with Gasteiger partial charge in [-0.05, 0) is 23.7 Å². The molecule has 0 unspecified atom stereocenters. The summed E-state index contributed by atoms with van der Waals surface area (Å²) >= 11 is 0. The summed E-state index contributed by atoms with van der Waals surface area (Å²) in [6, 6.07) is 0. The average molecular weight is 424 g/mol. The second-order valence-corrected chi connectivity index (χ2v) is 10.9. The standard InChI is InChI=1S/2C13H28.K.H2N/c2*1-5-6-7-8-9-10-11-12-13(2,3)4;;/h2*5-12H2,1-4H3;;1H2/q;;+1;-1. The minimum atomic E-state index is 0. The van der Waals surface area contributed by atoms with Crippen LogP contribution in [0, 0.1) is 10.8 Å². The van der Waals surface area contributed by atoms with Crippen LogP contribution in [0.15, 0.2) is 0 Å². The van der Waals surface area contributed by atoms with Gasteiger partial charge in [0.1, 0.15) is 0 Å². The molecule has 0 aromatic heterocycles. The molecule has 0 aromatic carbocycles. The largest absolute Gasteiger partial charge is 1.00 e. The Morgan fingerprint density at radius 3 is 0.821 bits per heavy atom. The van der Waals surface area contributed by atoms with Gasteiger partial charge in [-0.25, -0.2) is 0 Å². The van der Waals surface area contributed by atoms with E-state index in [2.05, 4.69) is 55.4 Å². The Morgan fingerprint density at radius 2 is 0.607 bits per heavy atom. The zero-order valence-corrected chi connectivity index (χ0v) is 25.0. The van der Waals surface area contributed by atoms with Gasteiger partial charge in [0, 0.05) is 0 Å². The first-order chi connectivity index (χ1) is 12.1. The Morgan fingerprint density at radius 1 is 0.393 bits per heavy atom. The Bertz CT molecular complexity index is 235. The van der Waals surface area contributed by atoms with Gasteiger partial charge in [0.15, 0.2) is 0 Å². The van der Waals surface area contributed by atoms with E-state index in [1.807, 2.05) is 0 Å². The fourth-order valence-corrected chi connectivity index (χ4v) is 3.22. The third-order valence-corrected chi connectivity index (χ3v) is 5.06. The van der Waals surface area contributed by atoms with Crippen molar-refractivity contribution in [2.24, 2.45) is 10.8 Å². The summed E-state index contributed by atoms with van der Waals surface area (Å²) in [5.41, 5.74) is 1.09. The summed E-state index contributed by atoms with van der Waals surface area (Å²) in [6.07, 6.45) is 22.8. The van der Waals surface area contributed by atoms with Crippen molar-refractivity contribution in [2.45, 2.75) is 158 Å². The third kappa shape index (κ3) is 41.9. The zero-order valence-electron chi connectivity index (χ0n) is 21.9. The van der Waals surface area contributed by atoms with Gasteiger partial charge in [-0.1, -0.05) is 145 Å². The molecule has 0 radical (unpaired) electrons. The number of hydrogen-bond donors (Lipinski definition) is 0. The molecule has 0 saturated carbocycles. The molecule has 0 bridgehead atoms. The summed E-state index contributed by atoms with van der Waals surface area (Å²) in [4.78, 5) is 0. The van der Waals surface area contributed by atoms with E-state index in [1.165, 1.54) is 103 Å². The smallest absolute Gasteiger partial charge is 0.693 e. The topological polar surface area (TPSA) is 33.5 Å². The molecular weight excluding hydrogens is 365 g/mol. The van der Waals surface area contributed by atoms with Crippen LogP contribution < -0.4 is 51.4 Å². The predicted molar refractivity (Wildman–Crippen MR) is 129 cm³/mol. The van der Waals surface area contributed by atoms with Crippen molar-refractivity contribution in [2.75, 3.05) is 0 Å². The van der Waals surface area contributed by atoms with Crippen LogP contribution in [0.3, 0.4) is 0 Å². The first-order valence-corrected chi connectivity index (χ1v) is 12.1. The summed E-state index contributed by atoms with van der Waals surface area (Å²) < 4.78 is 0. The van der Waals surface area contributed by atoms with Gasteiger partial charge in [0.2, 0.25) is 0 Å². The van der Waals surface area contributed by atoms with Gasteiger partial charge in [0.05, 0.1) is 0 Å². The fraction of sp³-hybridized carbons (Fsp3) is 1.00. The first-order valence-electron chi connectivity index (χ1n) is 12.1. The quantitative estimate of drug-likeness (QED) is 0.200. The SMILES string of the molecule is CCCCCCCCCC(C)(C)C.CCCCCCCCCC(C)(C)C.[K+].[NH2-]. The van der Waals surface area contributed by atoms with E-state index < -0.39 is 0 Å². The molecule has 0 aliphatic heterocycles. The van der Waals surface area contributed by atoms with Crippen LogP contribution in [0.1, 0.15) is 158 Å². The molecule has 0 saturated heterocycles. The van der Waals surface area contributed by atoms with E-state index in [1.54, 1.807) is 0 Å². The molecule has 2 N–H and O–H groups in total. The van der Waals surface area contributed by atoms with Crippen molar-refractivity contribution >= 4 is 0 Å². The van der Waals surface area contributed by atoms with Crippen molar-refractivity contribution in [1.29, 1.82) is 0 Å². The molecule has 0 fully saturated rings. The molecule has 0 heterocycles. The Balaban J connectivity index is -0.000000192. The average Bonchev–Trinajstić information content (AvgIpc) is 2.52. The van der Waals surface area contributed by atoms with E-state index in [0.717, 1.165) is 0 Å². The van der Waals surface area contributed by atoms with Gasteiger partial charge >= 0.3 is 51.4 Å². The molecule has 28 heavy (non-hydrogen) atoms. The minimum absolute atomic E-state index is 0. The summed E-state index contributed by atoms with van der Waals surface area (Å²) in [6.45, 7) is 18.6. The number of rotatable bonds is 14. The molecule has 0 aliphatic carbocycles. The second-order valence-electron chi connectivity index (χ2n) is 10.9. The zero-order chi connectivity index (χ0) is 20.3. The molecule has 1 nitrogen and oxygen atoms in total. The van der Waals surface area contributed by atoms with Crippen molar-refractivity contribution in [3.63, 3.8) is 0 Å². The molecule has 0 atom stereocenters. The molecular formula is C26H58KN. The fourth-order valence-electron chi connectivity index (χ4n) is 3.22. The van der Waals surface area contributed by atoms with Crippen LogP contribution >= 0.6 is 0 Å². The Hall–Kier alpha value is 1.60. The third-order valence-electron chi connectivity index (χ3n) is 5.06. The molecule has 2 heteroatoms. The van der Waals surface area contributed by atoms with Crippen molar-refractivity contribution in [3.8, 4) is 0 Å². The van der Waals surface area contributed by atoms with E-state index in [9.17, 15) is 0 Å². The van der Waals surface area contributed by atoms with Gasteiger partial charge in [-0.15, -0.1) is 0 Å². The maximum absolute atomic E-state index is 2.34. The van der Waals surface area contributed by atoms with Crippen molar-refractivity contribution in [3.05, 3.63) is 6.15 Å². The minimum Gasteiger partial charge on any atom is -0.693 e. The van der Waals surface area contributed by atoms with Gasteiger partial charge in [-0.2, -0.15) is 0 Å². The van der Waals surface area contributed by atoms with Crippen LogP contribution in [0.4, 0.5) is 0 Å². The molecule has 0 rings (SSSR count). The maximum atomic E-state index is 2.34. The van der Waals surface area contributed by atoms with Gasteiger partial charge in [0.25, 0.3) is 0 Å². The van der Waals surface area contributed by atoms with E-state index in [-0.39, 0.29) is 57.5 Å². The Kier molecular flexibility index (Phi) is 32.8. The second kappa shape index (κ2) is 24.9.